The number of halogens is 3. The van der Waals surface area contributed by atoms with Crippen molar-refractivity contribution >= 4 is 50.7 Å². The molecule has 0 spiro atoms. The molecule has 3 unspecified atom stereocenters. The molecule has 3 aromatic carbocycles. The van der Waals surface area contributed by atoms with E-state index in [2.05, 4.69) is 41.6 Å². The number of ether oxygens (including phenoxy) is 1. The first-order valence-corrected chi connectivity index (χ1v) is 20.8. The molecule has 13 nitrogen and oxygen atoms in total. The Hall–Kier alpha value is -6.18. The van der Waals surface area contributed by atoms with Crippen molar-refractivity contribution in [2.75, 3.05) is 67.5 Å². The summed E-state index contributed by atoms with van der Waals surface area (Å²) < 4.78 is 53.8. The lowest BCUT2D eigenvalue weighted by Gasteiger charge is -2.38. The van der Waals surface area contributed by atoms with Crippen LogP contribution in [-0.4, -0.2) is 107 Å². The molecule has 5 aromatic rings. The first-order valence-electron chi connectivity index (χ1n) is 20.8. The molecule has 314 valence electrons. The van der Waals surface area contributed by atoms with Crippen molar-refractivity contribution in [2.24, 2.45) is 5.41 Å². The van der Waals surface area contributed by atoms with Crippen molar-refractivity contribution in [1.29, 1.82) is 0 Å². The minimum absolute atomic E-state index is 0.000907. The fourth-order valence-electron chi connectivity index (χ4n) is 9.49. The van der Waals surface area contributed by atoms with Crippen molar-refractivity contribution in [3.8, 4) is 35.4 Å². The Labute approximate surface area is 349 Å². The third-order valence-electron chi connectivity index (χ3n) is 12.9. The molecule has 4 saturated heterocycles. The summed E-state index contributed by atoms with van der Waals surface area (Å²) in [6, 6.07) is 10.3. The van der Waals surface area contributed by atoms with Crippen LogP contribution in [0.25, 0.3) is 32.9 Å². The number of nitrogens with one attached hydrogen (secondary N) is 3. The predicted molar refractivity (Wildman–Crippen MR) is 224 cm³/mol. The minimum atomic E-state index is -0.765. The number of nitrogens with zero attached hydrogens (tertiary/aromatic N) is 6. The van der Waals surface area contributed by atoms with E-state index in [9.17, 15) is 19.1 Å². The molecule has 1 saturated carbocycles. The highest BCUT2D eigenvalue weighted by Gasteiger charge is 2.45. The molecule has 6 heterocycles. The zero-order valence-corrected chi connectivity index (χ0v) is 33.3. The van der Waals surface area contributed by atoms with Crippen molar-refractivity contribution < 1.29 is 32.6 Å². The SMILES string of the molecule is C#Cc1c(F)ccc2cc(O)cc(-c3ncc4c(N5CC6CCC(C5)N6)nc(OCC5(CN6CCN(c7ccc(NC8CCC(=O)NC8=O)cc7F)CC6)CC5)nc4c3F)c12. The Morgan fingerprint density at radius 2 is 1.74 bits per heavy atom. The van der Waals surface area contributed by atoms with Crippen molar-refractivity contribution in [3.63, 3.8) is 0 Å². The molecule has 5 fully saturated rings. The molecular weight excluding hydrogens is 788 g/mol. The molecule has 2 aromatic heterocycles. The van der Waals surface area contributed by atoms with Gasteiger partial charge >= 0.3 is 6.01 Å². The van der Waals surface area contributed by atoms with Crippen molar-refractivity contribution in [3.05, 3.63) is 71.7 Å². The number of imide groups is 1. The van der Waals surface area contributed by atoms with E-state index in [1.807, 2.05) is 4.90 Å². The molecule has 4 N–H and O–H groups in total. The van der Waals surface area contributed by atoms with Crippen LogP contribution in [0.2, 0.25) is 0 Å². The lowest BCUT2D eigenvalue weighted by Crippen LogP contribution is -2.51. The van der Waals surface area contributed by atoms with E-state index in [0.717, 1.165) is 45.3 Å². The topological polar surface area (TPSA) is 148 Å². The predicted octanol–water partition coefficient (Wildman–Crippen LogP) is 5.09. The van der Waals surface area contributed by atoms with Gasteiger partial charge in [0.25, 0.3) is 0 Å². The molecule has 0 radical (unpaired) electrons. The smallest absolute Gasteiger partial charge is 0.319 e. The average Bonchev–Trinajstić information content (AvgIpc) is 3.93. The Bertz CT molecular complexity index is 2630. The van der Waals surface area contributed by atoms with E-state index >= 15 is 8.78 Å². The Morgan fingerprint density at radius 1 is 0.951 bits per heavy atom. The van der Waals surface area contributed by atoms with Gasteiger partial charge in [-0.2, -0.15) is 9.97 Å². The number of rotatable bonds is 10. The number of aromatic nitrogens is 3. The van der Waals surface area contributed by atoms with Crippen LogP contribution in [0.4, 0.5) is 30.4 Å². The summed E-state index contributed by atoms with van der Waals surface area (Å²) in [4.78, 5) is 44.3. The zero-order valence-electron chi connectivity index (χ0n) is 33.3. The van der Waals surface area contributed by atoms with E-state index in [4.69, 9.17) is 16.1 Å². The summed E-state index contributed by atoms with van der Waals surface area (Å²) in [7, 11) is 0. The number of carbonyl (C=O) groups excluding carboxylic acids is 2. The number of fused-ring (bicyclic) bond motifs is 4. The maximum Gasteiger partial charge on any atom is 0.319 e. The van der Waals surface area contributed by atoms with Crippen LogP contribution in [-0.2, 0) is 9.59 Å². The third kappa shape index (κ3) is 7.50. The summed E-state index contributed by atoms with van der Waals surface area (Å²) in [5, 5.41) is 20.7. The maximum absolute atomic E-state index is 17.0. The molecule has 61 heavy (non-hydrogen) atoms. The highest BCUT2D eigenvalue weighted by molar-refractivity contribution is 6.03. The second-order valence-corrected chi connectivity index (χ2v) is 17.1. The first kappa shape index (κ1) is 39.0. The molecule has 4 aliphatic heterocycles. The van der Waals surface area contributed by atoms with Crippen molar-refractivity contribution in [2.45, 2.75) is 56.7 Å². The van der Waals surface area contributed by atoms with E-state index < -0.39 is 23.6 Å². The van der Waals surface area contributed by atoms with Crippen molar-refractivity contribution in [1.82, 2.24) is 30.5 Å². The lowest BCUT2D eigenvalue weighted by molar-refractivity contribution is -0.133. The zero-order chi connectivity index (χ0) is 42.0. The lowest BCUT2D eigenvalue weighted by atomic mass is 9.96. The normalized spacial score (nSPS) is 22.4. The second kappa shape index (κ2) is 15.4. The second-order valence-electron chi connectivity index (χ2n) is 17.1. The van der Waals surface area contributed by atoms with Crippen LogP contribution in [0.3, 0.4) is 0 Å². The number of pyridine rings is 1. The summed E-state index contributed by atoms with van der Waals surface area (Å²) in [5.74, 6) is 0.253. The van der Waals surface area contributed by atoms with Crippen LogP contribution < -0.4 is 30.5 Å². The molecule has 5 aliphatic rings. The summed E-state index contributed by atoms with van der Waals surface area (Å²) in [5.41, 5.74) is 0.767. The number of hydrogen-bond acceptors (Lipinski definition) is 12. The molecule has 10 rings (SSSR count). The van der Waals surface area contributed by atoms with Gasteiger partial charge in [0, 0.05) is 92.6 Å². The monoisotopic (exact) mass is 831 g/mol. The summed E-state index contributed by atoms with van der Waals surface area (Å²) >= 11 is 0. The van der Waals surface area contributed by atoms with Gasteiger partial charge in [0.15, 0.2) is 5.82 Å². The van der Waals surface area contributed by atoms with Gasteiger partial charge in [-0.25, -0.2) is 13.2 Å². The molecule has 3 atom stereocenters. The van der Waals surface area contributed by atoms with Crippen LogP contribution >= 0.6 is 0 Å². The van der Waals surface area contributed by atoms with Gasteiger partial charge in [-0.05, 0) is 73.9 Å². The highest BCUT2D eigenvalue weighted by Crippen LogP contribution is 2.47. The van der Waals surface area contributed by atoms with Gasteiger partial charge in [0.2, 0.25) is 11.8 Å². The van der Waals surface area contributed by atoms with Gasteiger partial charge in [0.05, 0.1) is 23.2 Å². The number of aromatic hydroxyl groups is 1. The largest absolute Gasteiger partial charge is 0.508 e. The number of benzene rings is 3. The van der Waals surface area contributed by atoms with Gasteiger partial charge in [-0.3, -0.25) is 24.8 Å². The molecular formula is C45H44F3N9O4. The summed E-state index contributed by atoms with van der Waals surface area (Å²) in [6.07, 6.45) is 11.8. The van der Waals surface area contributed by atoms with Gasteiger partial charge in [0.1, 0.15) is 40.5 Å². The fraction of sp³-hybridized carbons (Fsp3) is 0.400. The van der Waals surface area contributed by atoms with Crippen LogP contribution in [0.5, 0.6) is 11.8 Å². The number of amides is 2. The minimum Gasteiger partial charge on any atom is -0.508 e. The number of piperidine rings is 1. The average molecular weight is 832 g/mol. The quantitative estimate of drug-likeness (QED) is 0.110. The van der Waals surface area contributed by atoms with E-state index in [1.165, 1.54) is 36.5 Å². The molecule has 16 heteroatoms. The molecule has 2 amide bonds. The Kier molecular flexibility index (Phi) is 9.83. The van der Waals surface area contributed by atoms with E-state index in [1.54, 1.807) is 12.1 Å². The Morgan fingerprint density at radius 3 is 2.46 bits per heavy atom. The van der Waals surface area contributed by atoms with Crippen LogP contribution in [0, 0.1) is 35.2 Å². The van der Waals surface area contributed by atoms with Crippen LogP contribution in [0.15, 0.2) is 48.7 Å². The number of phenols is 1. The first-order chi connectivity index (χ1) is 29.5. The van der Waals surface area contributed by atoms with Gasteiger partial charge in [-0.1, -0.05) is 12.0 Å². The molecule has 1 aliphatic carbocycles. The van der Waals surface area contributed by atoms with E-state index in [-0.39, 0.29) is 75.1 Å². The summed E-state index contributed by atoms with van der Waals surface area (Å²) in [6.45, 7) is 5.12. The number of piperazine rings is 2. The number of phenolic OH excluding ortho intramolecular Hbond substituents is 1. The number of carbonyl (C=O) groups is 2. The van der Waals surface area contributed by atoms with Gasteiger partial charge in [-0.15, -0.1) is 6.42 Å². The maximum atomic E-state index is 17.0. The number of hydrogen-bond donors (Lipinski definition) is 4. The number of anilines is 3. The fourth-order valence-corrected chi connectivity index (χ4v) is 9.49. The number of terminal acetylenes is 1. The Balaban J connectivity index is 0.868. The third-order valence-corrected chi connectivity index (χ3v) is 12.9. The van der Waals surface area contributed by atoms with Gasteiger partial charge < -0.3 is 30.3 Å². The highest BCUT2D eigenvalue weighted by atomic mass is 19.1. The van der Waals surface area contributed by atoms with Crippen LogP contribution in [0.1, 0.15) is 44.1 Å². The standard InChI is InChI=1S/C45H44F3N9O4/c1-2-30-33(46)7-3-25-17-29(58)19-31(38(25)30)40-39(48)41-32(20-49-40)42(57-21-27-4-5-28(22-57)50-27)54-44(53-41)61-24-45(11-12-45)23-55-13-15-56(16-14-55)36-9-6-26(18-34(36)47)51-35-8-10-37(59)52-43(35)60/h1,3,6-7,9,17-20,27-28,35,50-51,58H,4-5,8,10-16,21-24H2,(H,52,59,60). The molecule has 2 bridgehead atoms. The van der Waals surface area contributed by atoms with E-state index in [0.29, 0.717) is 67.2 Å².